The molecule has 2 saturated heterocycles. The van der Waals surface area contributed by atoms with Crippen LogP contribution in [0.15, 0.2) is 24.3 Å². The standard InChI is InChI=1S/C17H24N2OS2/c20-16(19-12-13-3-1-8-18-11-13)14-4-6-15(7-5-14)17-21-9-2-10-22-17/h4-7,13,17-18H,1-3,8-12H2,(H,19,20). The molecule has 1 atom stereocenters. The van der Waals surface area contributed by atoms with Crippen molar-refractivity contribution in [3.8, 4) is 0 Å². The number of carbonyl (C=O) groups excluding carboxylic acids is 1. The predicted molar refractivity (Wildman–Crippen MR) is 96.6 cm³/mol. The number of hydrogen-bond donors (Lipinski definition) is 2. The smallest absolute Gasteiger partial charge is 0.251 e. The Morgan fingerprint density at radius 2 is 1.95 bits per heavy atom. The lowest BCUT2D eigenvalue weighted by Gasteiger charge is -2.23. The SMILES string of the molecule is O=C(NCC1CCCNC1)c1ccc(C2SCCCS2)cc1. The van der Waals surface area contributed by atoms with Gasteiger partial charge in [-0.25, -0.2) is 0 Å². The summed E-state index contributed by atoms with van der Waals surface area (Å²) < 4.78 is 0.541. The Labute approximate surface area is 141 Å². The molecule has 2 heterocycles. The zero-order valence-electron chi connectivity index (χ0n) is 12.8. The zero-order valence-corrected chi connectivity index (χ0v) is 14.5. The van der Waals surface area contributed by atoms with Crippen molar-refractivity contribution in [2.75, 3.05) is 31.1 Å². The molecule has 0 aliphatic carbocycles. The molecule has 3 nitrogen and oxygen atoms in total. The molecule has 2 aliphatic heterocycles. The van der Waals surface area contributed by atoms with E-state index in [0.717, 1.165) is 25.2 Å². The minimum absolute atomic E-state index is 0.0565. The first-order valence-corrected chi connectivity index (χ1v) is 10.2. The summed E-state index contributed by atoms with van der Waals surface area (Å²) in [4.78, 5) is 12.2. The van der Waals surface area contributed by atoms with Crippen LogP contribution < -0.4 is 10.6 Å². The molecule has 1 aromatic rings. The molecule has 2 fully saturated rings. The minimum Gasteiger partial charge on any atom is -0.352 e. The van der Waals surface area contributed by atoms with Crippen LogP contribution in [0.4, 0.5) is 0 Å². The minimum atomic E-state index is 0.0565. The molecule has 1 amide bonds. The molecule has 1 unspecified atom stereocenters. The average molecular weight is 337 g/mol. The number of piperidine rings is 1. The van der Waals surface area contributed by atoms with Gasteiger partial charge >= 0.3 is 0 Å². The maximum atomic E-state index is 12.2. The monoisotopic (exact) mass is 336 g/mol. The number of carbonyl (C=O) groups is 1. The first-order chi connectivity index (χ1) is 10.8. The number of amides is 1. The van der Waals surface area contributed by atoms with Crippen LogP contribution in [-0.4, -0.2) is 37.0 Å². The normalized spacial score (nSPS) is 23.2. The van der Waals surface area contributed by atoms with E-state index in [1.165, 1.54) is 36.3 Å². The molecule has 0 aromatic heterocycles. The Hall–Kier alpha value is -0.650. The molecule has 120 valence electrons. The van der Waals surface area contributed by atoms with Crippen molar-refractivity contribution in [2.45, 2.75) is 23.8 Å². The molecule has 1 aromatic carbocycles. The van der Waals surface area contributed by atoms with E-state index in [0.29, 0.717) is 10.5 Å². The largest absolute Gasteiger partial charge is 0.352 e. The second-order valence-corrected chi connectivity index (χ2v) is 8.70. The summed E-state index contributed by atoms with van der Waals surface area (Å²) in [7, 11) is 0. The van der Waals surface area contributed by atoms with E-state index in [1.807, 2.05) is 35.7 Å². The zero-order chi connectivity index (χ0) is 15.2. The Morgan fingerprint density at radius 1 is 1.18 bits per heavy atom. The number of rotatable bonds is 4. The summed E-state index contributed by atoms with van der Waals surface area (Å²) in [6.07, 6.45) is 3.73. The topological polar surface area (TPSA) is 41.1 Å². The summed E-state index contributed by atoms with van der Waals surface area (Å²) in [5.41, 5.74) is 2.11. The van der Waals surface area contributed by atoms with Gasteiger partial charge in [-0.05, 0) is 67.5 Å². The van der Waals surface area contributed by atoms with Crippen LogP contribution in [0.25, 0.3) is 0 Å². The van der Waals surface area contributed by atoms with Gasteiger partial charge in [0.1, 0.15) is 0 Å². The van der Waals surface area contributed by atoms with Crippen LogP contribution in [0, 0.1) is 5.92 Å². The van der Waals surface area contributed by atoms with Crippen molar-refractivity contribution in [3.63, 3.8) is 0 Å². The van der Waals surface area contributed by atoms with E-state index >= 15 is 0 Å². The third kappa shape index (κ3) is 4.43. The number of hydrogen-bond acceptors (Lipinski definition) is 4. The Bertz CT molecular complexity index is 480. The van der Waals surface area contributed by atoms with Gasteiger partial charge in [0.25, 0.3) is 5.91 Å². The van der Waals surface area contributed by atoms with Crippen LogP contribution in [0.3, 0.4) is 0 Å². The Morgan fingerprint density at radius 3 is 2.64 bits per heavy atom. The van der Waals surface area contributed by atoms with Crippen LogP contribution in [-0.2, 0) is 0 Å². The van der Waals surface area contributed by atoms with Crippen LogP contribution >= 0.6 is 23.5 Å². The molecule has 2 N–H and O–H groups in total. The van der Waals surface area contributed by atoms with E-state index in [4.69, 9.17) is 0 Å². The van der Waals surface area contributed by atoms with Crippen molar-refractivity contribution >= 4 is 29.4 Å². The molecule has 0 saturated carbocycles. The van der Waals surface area contributed by atoms with Gasteiger partial charge < -0.3 is 10.6 Å². The van der Waals surface area contributed by atoms with E-state index in [1.54, 1.807) is 0 Å². The van der Waals surface area contributed by atoms with E-state index in [2.05, 4.69) is 22.8 Å². The van der Waals surface area contributed by atoms with E-state index in [9.17, 15) is 4.79 Å². The average Bonchev–Trinajstić information content (AvgIpc) is 2.61. The molecule has 5 heteroatoms. The highest BCUT2D eigenvalue weighted by Gasteiger charge is 2.17. The fourth-order valence-corrected chi connectivity index (χ4v) is 5.80. The maximum Gasteiger partial charge on any atom is 0.251 e. The van der Waals surface area contributed by atoms with Gasteiger partial charge in [0.05, 0.1) is 4.58 Å². The van der Waals surface area contributed by atoms with Crippen molar-refractivity contribution in [1.29, 1.82) is 0 Å². The predicted octanol–water partition coefficient (Wildman–Crippen LogP) is 3.28. The van der Waals surface area contributed by atoms with Gasteiger partial charge in [-0.15, -0.1) is 23.5 Å². The van der Waals surface area contributed by atoms with Crippen molar-refractivity contribution in [2.24, 2.45) is 5.92 Å². The molecular weight excluding hydrogens is 312 g/mol. The van der Waals surface area contributed by atoms with Gasteiger partial charge in [-0.2, -0.15) is 0 Å². The highest BCUT2D eigenvalue weighted by Crippen LogP contribution is 2.43. The highest BCUT2D eigenvalue weighted by molar-refractivity contribution is 8.16. The molecule has 0 bridgehead atoms. The molecule has 0 radical (unpaired) electrons. The van der Waals surface area contributed by atoms with Crippen LogP contribution in [0.5, 0.6) is 0 Å². The molecule has 2 aliphatic rings. The van der Waals surface area contributed by atoms with Crippen molar-refractivity contribution in [1.82, 2.24) is 10.6 Å². The number of thioether (sulfide) groups is 2. The first-order valence-electron chi connectivity index (χ1n) is 8.15. The number of nitrogens with one attached hydrogen (secondary N) is 2. The van der Waals surface area contributed by atoms with Gasteiger partial charge in [0.2, 0.25) is 0 Å². The van der Waals surface area contributed by atoms with Crippen LogP contribution in [0.2, 0.25) is 0 Å². The summed E-state index contributed by atoms with van der Waals surface area (Å²) in [5, 5.41) is 6.46. The lowest BCUT2D eigenvalue weighted by molar-refractivity contribution is 0.0945. The second-order valence-electron chi connectivity index (χ2n) is 5.97. The summed E-state index contributed by atoms with van der Waals surface area (Å²) in [6.45, 7) is 2.92. The third-order valence-electron chi connectivity index (χ3n) is 4.22. The van der Waals surface area contributed by atoms with Crippen molar-refractivity contribution in [3.05, 3.63) is 35.4 Å². The third-order valence-corrected chi connectivity index (χ3v) is 7.24. The van der Waals surface area contributed by atoms with Gasteiger partial charge in [0.15, 0.2) is 0 Å². The quantitative estimate of drug-likeness (QED) is 0.885. The number of benzene rings is 1. The van der Waals surface area contributed by atoms with Crippen molar-refractivity contribution < 1.29 is 4.79 Å². The Kier molecular flexibility index (Phi) is 6.10. The molecule has 22 heavy (non-hydrogen) atoms. The first kappa shape index (κ1) is 16.2. The lowest BCUT2D eigenvalue weighted by atomic mass is 9.99. The van der Waals surface area contributed by atoms with Crippen LogP contribution in [0.1, 0.15) is 39.8 Å². The van der Waals surface area contributed by atoms with Gasteiger partial charge in [0, 0.05) is 12.1 Å². The Balaban J connectivity index is 1.51. The molecule has 0 spiro atoms. The molecule has 3 rings (SSSR count). The summed E-state index contributed by atoms with van der Waals surface area (Å²) >= 11 is 4.03. The van der Waals surface area contributed by atoms with E-state index < -0.39 is 0 Å². The fourth-order valence-electron chi connectivity index (χ4n) is 2.91. The maximum absolute atomic E-state index is 12.2. The van der Waals surface area contributed by atoms with E-state index in [-0.39, 0.29) is 5.91 Å². The van der Waals surface area contributed by atoms with Gasteiger partial charge in [-0.1, -0.05) is 12.1 Å². The van der Waals surface area contributed by atoms with Gasteiger partial charge in [-0.3, -0.25) is 4.79 Å². The summed E-state index contributed by atoms with van der Waals surface area (Å²) in [6, 6.07) is 8.18. The highest BCUT2D eigenvalue weighted by atomic mass is 32.2. The summed E-state index contributed by atoms with van der Waals surface area (Å²) in [5.74, 6) is 3.12. The second kappa shape index (κ2) is 8.27. The lowest BCUT2D eigenvalue weighted by Crippen LogP contribution is -2.38. The fraction of sp³-hybridized carbons (Fsp3) is 0.588. The molecular formula is C17H24N2OS2.